The van der Waals surface area contributed by atoms with Crippen LogP contribution in [0.15, 0.2) is 59.1 Å². The van der Waals surface area contributed by atoms with Crippen LogP contribution in [0.3, 0.4) is 0 Å². The maximum absolute atomic E-state index is 6.30. The number of furan rings is 1. The van der Waals surface area contributed by atoms with Gasteiger partial charge < -0.3 is 4.42 Å². The van der Waals surface area contributed by atoms with Gasteiger partial charge in [-0.05, 0) is 42.7 Å². The van der Waals surface area contributed by atoms with Crippen LogP contribution >= 0.6 is 0 Å². The Morgan fingerprint density at radius 2 is 1.86 bits per heavy atom. The predicted octanol–water partition coefficient (Wildman–Crippen LogP) is 5.52. The van der Waals surface area contributed by atoms with Crippen LogP contribution in [0.2, 0.25) is 0 Å². The third kappa shape index (κ3) is 1.84. The molecule has 0 saturated carbocycles. The summed E-state index contributed by atoms with van der Waals surface area (Å²) in [4.78, 5) is 4.48. The van der Waals surface area contributed by atoms with Gasteiger partial charge in [-0.2, -0.15) is 0 Å². The van der Waals surface area contributed by atoms with Crippen LogP contribution in [0.5, 0.6) is 0 Å². The lowest BCUT2D eigenvalue weighted by atomic mass is 10.0. The molecule has 0 aliphatic heterocycles. The fraction of sp³-hybridized carbons (Fsp3) is 0.150. The second kappa shape index (κ2) is 4.99. The normalized spacial score (nSPS) is 11.4. The number of pyridine rings is 1. The molecule has 0 N–H and O–H groups in total. The molecular formula is C20H17NO. The summed E-state index contributed by atoms with van der Waals surface area (Å²) in [7, 11) is 0. The fourth-order valence-corrected chi connectivity index (χ4v) is 3.13. The van der Waals surface area contributed by atoms with Crippen LogP contribution in [0.1, 0.15) is 18.1 Å². The van der Waals surface area contributed by atoms with Crippen LogP contribution in [0.4, 0.5) is 0 Å². The number of aromatic nitrogens is 1. The highest BCUT2D eigenvalue weighted by atomic mass is 16.3. The third-order valence-corrected chi connectivity index (χ3v) is 4.26. The van der Waals surface area contributed by atoms with Gasteiger partial charge in [-0.3, -0.25) is 4.98 Å². The number of nitrogens with zero attached hydrogens (tertiary/aromatic N) is 1. The minimum absolute atomic E-state index is 0.939. The van der Waals surface area contributed by atoms with Gasteiger partial charge in [-0.25, -0.2) is 0 Å². The molecule has 4 aromatic rings. The SMILES string of the molecule is CCc1cccc2c1oc1c(-c3ccccn3)ccc(C)c12. The predicted molar refractivity (Wildman–Crippen MR) is 91.1 cm³/mol. The minimum Gasteiger partial charge on any atom is -0.455 e. The molecule has 0 saturated heterocycles. The molecule has 0 aliphatic rings. The van der Waals surface area contributed by atoms with Crippen LogP contribution < -0.4 is 0 Å². The Morgan fingerprint density at radius 3 is 2.64 bits per heavy atom. The van der Waals surface area contributed by atoms with Gasteiger partial charge in [-0.1, -0.05) is 37.3 Å². The van der Waals surface area contributed by atoms with Gasteiger partial charge in [0.25, 0.3) is 0 Å². The standard InChI is InChI=1S/C20H17NO/c1-3-14-7-6-8-16-18-13(2)10-11-15(20(18)22-19(14)16)17-9-4-5-12-21-17/h4-12H,3H2,1-2H3. The molecule has 108 valence electrons. The third-order valence-electron chi connectivity index (χ3n) is 4.26. The van der Waals surface area contributed by atoms with Gasteiger partial charge in [0, 0.05) is 22.5 Å². The molecule has 0 unspecified atom stereocenters. The summed E-state index contributed by atoms with van der Waals surface area (Å²) in [5.41, 5.74) is 6.44. The monoisotopic (exact) mass is 287 g/mol. The van der Waals surface area contributed by atoms with Crippen LogP contribution in [0, 0.1) is 6.92 Å². The van der Waals surface area contributed by atoms with E-state index in [1.54, 1.807) is 0 Å². The van der Waals surface area contributed by atoms with Crippen molar-refractivity contribution in [2.75, 3.05) is 0 Å². The Labute approximate surface area is 129 Å². The zero-order valence-corrected chi connectivity index (χ0v) is 12.8. The maximum Gasteiger partial charge on any atom is 0.145 e. The molecule has 0 spiro atoms. The molecule has 22 heavy (non-hydrogen) atoms. The zero-order valence-electron chi connectivity index (χ0n) is 12.8. The number of para-hydroxylation sites is 1. The molecule has 0 fully saturated rings. The molecular weight excluding hydrogens is 270 g/mol. The Balaban J connectivity index is 2.15. The number of rotatable bonds is 2. The van der Waals surface area contributed by atoms with Crippen molar-refractivity contribution in [1.82, 2.24) is 4.98 Å². The van der Waals surface area contributed by atoms with Crippen molar-refractivity contribution >= 4 is 21.9 Å². The summed E-state index contributed by atoms with van der Waals surface area (Å²) in [6, 6.07) is 16.6. The van der Waals surface area contributed by atoms with E-state index >= 15 is 0 Å². The van der Waals surface area contributed by atoms with E-state index in [2.05, 4.69) is 49.2 Å². The first-order valence-corrected chi connectivity index (χ1v) is 7.64. The van der Waals surface area contributed by atoms with Crippen molar-refractivity contribution in [3.05, 3.63) is 65.9 Å². The van der Waals surface area contributed by atoms with Crippen LogP contribution in [-0.2, 0) is 6.42 Å². The molecule has 0 amide bonds. The zero-order chi connectivity index (χ0) is 15.1. The van der Waals surface area contributed by atoms with Crippen molar-refractivity contribution < 1.29 is 4.42 Å². The van der Waals surface area contributed by atoms with Gasteiger partial charge in [0.2, 0.25) is 0 Å². The molecule has 2 aromatic heterocycles. The van der Waals surface area contributed by atoms with Crippen molar-refractivity contribution in [1.29, 1.82) is 0 Å². The fourth-order valence-electron chi connectivity index (χ4n) is 3.13. The average Bonchev–Trinajstić information content (AvgIpc) is 2.96. The highest BCUT2D eigenvalue weighted by molar-refractivity contribution is 6.11. The molecule has 2 heteroatoms. The van der Waals surface area contributed by atoms with E-state index in [1.807, 2.05) is 24.4 Å². The first-order valence-electron chi connectivity index (χ1n) is 7.64. The summed E-state index contributed by atoms with van der Waals surface area (Å²) in [6.45, 7) is 4.30. The first-order chi connectivity index (χ1) is 10.8. The Bertz CT molecular complexity index is 967. The van der Waals surface area contributed by atoms with E-state index in [4.69, 9.17) is 4.42 Å². The Kier molecular flexibility index (Phi) is 2.97. The summed E-state index contributed by atoms with van der Waals surface area (Å²) in [5, 5.41) is 2.40. The maximum atomic E-state index is 6.30. The van der Waals surface area contributed by atoms with Gasteiger partial charge in [0.05, 0.1) is 5.69 Å². The molecule has 0 aliphatic carbocycles. The van der Waals surface area contributed by atoms with E-state index in [-0.39, 0.29) is 0 Å². The van der Waals surface area contributed by atoms with Gasteiger partial charge in [0.15, 0.2) is 0 Å². The molecule has 0 bridgehead atoms. The van der Waals surface area contributed by atoms with Crippen LogP contribution in [0.25, 0.3) is 33.2 Å². The molecule has 4 rings (SSSR count). The highest BCUT2D eigenvalue weighted by Crippen LogP contribution is 2.38. The quantitative estimate of drug-likeness (QED) is 0.485. The van der Waals surface area contributed by atoms with Crippen molar-refractivity contribution in [3.8, 4) is 11.3 Å². The number of benzene rings is 2. The molecule has 2 heterocycles. The first kappa shape index (κ1) is 13.1. The lowest BCUT2D eigenvalue weighted by molar-refractivity contribution is 0.664. The van der Waals surface area contributed by atoms with Crippen molar-refractivity contribution in [3.63, 3.8) is 0 Å². The number of fused-ring (bicyclic) bond motifs is 3. The highest BCUT2D eigenvalue weighted by Gasteiger charge is 2.16. The van der Waals surface area contributed by atoms with Crippen molar-refractivity contribution in [2.24, 2.45) is 0 Å². The smallest absolute Gasteiger partial charge is 0.145 e. The van der Waals surface area contributed by atoms with E-state index in [9.17, 15) is 0 Å². The number of hydrogen-bond acceptors (Lipinski definition) is 2. The summed E-state index contributed by atoms with van der Waals surface area (Å²) in [6.07, 6.45) is 2.79. The van der Waals surface area contributed by atoms with Crippen LogP contribution in [-0.4, -0.2) is 4.98 Å². The molecule has 0 radical (unpaired) electrons. The van der Waals surface area contributed by atoms with Gasteiger partial charge >= 0.3 is 0 Å². The van der Waals surface area contributed by atoms with Gasteiger partial charge in [0.1, 0.15) is 11.2 Å². The Morgan fingerprint density at radius 1 is 0.955 bits per heavy atom. The largest absolute Gasteiger partial charge is 0.455 e. The molecule has 2 nitrogen and oxygen atoms in total. The number of hydrogen-bond donors (Lipinski definition) is 0. The topological polar surface area (TPSA) is 26.0 Å². The lowest BCUT2D eigenvalue weighted by Crippen LogP contribution is -1.84. The summed E-state index contributed by atoms with van der Waals surface area (Å²) >= 11 is 0. The second-order valence-corrected chi connectivity index (χ2v) is 5.60. The molecule has 2 aromatic carbocycles. The van der Waals surface area contributed by atoms with E-state index in [0.717, 1.165) is 28.8 Å². The Hall–Kier alpha value is -2.61. The van der Waals surface area contributed by atoms with Gasteiger partial charge in [-0.15, -0.1) is 0 Å². The second-order valence-electron chi connectivity index (χ2n) is 5.60. The minimum atomic E-state index is 0.939. The lowest BCUT2D eigenvalue weighted by Gasteiger charge is -2.03. The number of aryl methyl sites for hydroxylation is 2. The van der Waals surface area contributed by atoms with E-state index in [0.29, 0.717) is 0 Å². The van der Waals surface area contributed by atoms with E-state index < -0.39 is 0 Å². The molecule has 0 atom stereocenters. The van der Waals surface area contributed by atoms with E-state index in [1.165, 1.54) is 21.9 Å². The summed E-state index contributed by atoms with van der Waals surface area (Å²) in [5.74, 6) is 0. The average molecular weight is 287 g/mol. The summed E-state index contributed by atoms with van der Waals surface area (Å²) < 4.78 is 6.30. The van der Waals surface area contributed by atoms with Crippen molar-refractivity contribution in [2.45, 2.75) is 20.3 Å².